The van der Waals surface area contributed by atoms with Gasteiger partial charge in [0, 0.05) is 21.6 Å². The van der Waals surface area contributed by atoms with E-state index in [1.54, 1.807) is 30.3 Å². The van der Waals surface area contributed by atoms with E-state index in [0.717, 1.165) is 9.54 Å². The fourth-order valence-corrected chi connectivity index (χ4v) is 4.29. The molecule has 2 aromatic carbocycles. The summed E-state index contributed by atoms with van der Waals surface area (Å²) < 4.78 is 27.9. The van der Waals surface area contributed by atoms with Crippen LogP contribution in [0.1, 0.15) is 22.3 Å². The van der Waals surface area contributed by atoms with Gasteiger partial charge in [0.2, 0.25) is 0 Å². The Hall–Kier alpha value is -2.43. The molecule has 0 amide bonds. The molecule has 0 spiro atoms. The lowest BCUT2D eigenvalue weighted by atomic mass is 10.1. The van der Waals surface area contributed by atoms with Gasteiger partial charge in [-0.2, -0.15) is 5.26 Å². The molecule has 0 saturated heterocycles. The molecule has 0 N–H and O–H groups in total. The van der Waals surface area contributed by atoms with Gasteiger partial charge in [0.15, 0.2) is 5.78 Å². The summed E-state index contributed by atoms with van der Waals surface area (Å²) in [6.45, 7) is 1.87. The van der Waals surface area contributed by atoms with Crippen LogP contribution in [0.15, 0.2) is 58.0 Å². The third-order valence-corrected chi connectivity index (χ3v) is 6.03. The molecule has 5 nitrogen and oxygen atoms in total. The van der Waals surface area contributed by atoms with Crippen LogP contribution in [0.4, 0.5) is 0 Å². The van der Waals surface area contributed by atoms with Crippen molar-refractivity contribution in [1.29, 1.82) is 5.26 Å². The fraction of sp³-hybridized carbons (Fsp3) is 0.111. The number of hydrogen-bond acceptors (Lipinski definition) is 4. The molecule has 0 aliphatic heterocycles. The van der Waals surface area contributed by atoms with Gasteiger partial charge in [-0.1, -0.05) is 39.7 Å². The van der Waals surface area contributed by atoms with Crippen LogP contribution >= 0.6 is 15.9 Å². The molecule has 0 fully saturated rings. The number of aryl methyl sites for hydroxylation is 1. The molecular formula is C18H13BrN2O3S. The summed E-state index contributed by atoms with van der Waals surface area (Å²) in [6.07, 6.45) is 0.992. The van der Waals surface area contributed by atoms with Gasteiger partial charge in [-0.15, -0.1) is 0 Å². The van der Waals surface area contributed by atoms with E-state index in [9.17, 15) is 13.2 Å². The Kier molecular flexibility index (Phi) is 4.50. The van der Waals surface area contributed by atoms with E-state index in [0.29, 0.717) is 15.4 Å². The van der Waals surface area contributed by atoms with Crippen molar-refractivity contribution in [1.82, 2.24) is 3.97 Å². The molecule has 0 atom stereocenters. The molecule has 3 aromatic rings. The molecule has 0 saturated carbocycles. The minimum Gasteiger partial charge on any atom is -0.293 e. The Morgan fingerprint density at radius 3 is 2.52 bits per heavy atom. The third kappa shape index (κ3) is 3.11. The monoisotopic (exact) mass is 416 g/mol. The van der Waals surface area contributed by atoms with Gasteiger partial charge in [0.1, 0.15) is 0 Å². The van der Waals surface area contributed by atoms with Crippen LogP contribution in [0.5, 0.6) is 0 Å². The second kappa shape index (κ2) is 6.47. The van der Waals surface area contributed by atoms with E-state index in [1.807, 2.05) is 13.0 Å². The Morgan fingerprint density at radius 2 is 1.88 bits per heavy atom. The third-order valence-electron chi connectivity index (χ3n) is 3.85. The number of nitriles is 1. The molecule has 3 rings (SSSR count). The van der Waals surface area contributed by atoms with E-state index in [-0.39, 0.29) is 16.9 Å². The number of nitrogens with zero attached hydrogens (tertiary/aromatic N) is 2. The SMILES string of the molecule is Cc1ccc(S(=O)(=O)n2cc(C(=O)CC#N)c3ccc(Br)cc32)cc1. The predicted molar refractivity (Wildman–Crippen MR) is 98.0 cm³/mol. The molecule has 1 aromatic heterocycles. The first-order chi connectivity index (χ1) is 11.8. The van der Waals surface area contributed by atoms with Crippen LogP contribution in [-0.2, 0) is 10.0 Å². The van der Waals surface area contributed by atoms with E-state index < -0.39 is 15.8 Å². The number of fused-ring (bicyclic) bond motifs is 1. The molecule has 1 heterocycles. The Balaban J connectivity index is 2.29. The van der Waals surface area contributed by atoms with E-state index in [1.165, 1.54) is 18.3 Å². The fourth-order valence-electron chi connectivity index (χ4n) is 2.58. The van der Waals surface area contributed by atoms with Gasteiger partial charge < -0.3 is 0 Å². The lowest BCUT2D eigenvalue weighted by Gasteiger charge is -2.08. The maximum Gasteiger partial charge on any atom is 0.268 e. The molecule has 7 heteroatoms. The highest BCUT2D eigenvalue weighted by Gasteiger charge is 2.23. The van der Waals surface area contributed by atoms with Crippen LogP contribution in [0.2, 0.25) is 0 Å². The van der Waals surface area contributed by atoms with Crippen molar-refractivity contribution in [2.24, 2.45) is 0 Å². The average Bonchev–Trinajstić information content (AvgIpc) is 2.95. The van der Waals surface area contributed by atoms with Crippen molar-refractivity contribution in [3.8, 4) is 6.07 Å². The number of aromatic nitrogens is 1. The zero-order valence-corrected chi connectivity index (χ0v) is 15.6. The second-order valence-corrected chi connectivity index (χ2v) is 8.31. The van der Waals surface area contributed by atoms with Crippen molar-refractivity contribution in [2.75, 3.05) is 0 Å². The summed E-state index contributed by atoms with van der Waals surface area (Å²) in [5.74, 6) is -0.410. The second-order valence-electron chi connectivity index (χ2n) is 5.58. The minimum atomic E-state index is -3.87. The normalized spacial score (nSPS) is 11.4. The molecule has 25 heavy (non-hydrogen) atoms. The topological polar surface area (TPSA) is 79.9 Å². The molecule has 0 radical (unpaired) electrons. The highest BCUT2D eigenvalue weighted by molar-refractivity contribution is 9.10. The highest BCUT2D eigenvalue weighted by atomic mass is 79.9. The summed E-state index contributed by atoms with van der Waals surface area (Å²) in [6, 6.07) is 13.4. The van der Waals surface area contributed by atoms with Crippen LogP contribution in [0.25, 0.3) is 10.9 Å². The smallest absolute Gasteiger partial charge is 0.268 e. The maximum absolute atomic E-state index is 13.0. The van der Waals surface area contributed by atoms with E-state index in [4.69, 9.17) is 5.26 Å². The number of carbonyl (C=O) groups is 1. The Morgan fingerprint density at radius 1 is 1.20 bits per heavy atom. The molecule has 0 aliphatic rings. The Labute approximate surface area is 153 Å². The molecule has 0 aliphatic carbocycles. The first kappa shape index (κ1) is 17.4. The lowest BCUT2D eigenvalue weighted by Crippen LogP contribution is -2.12. The van der Waals surface area contributed by atoms with Gasteiger partial charge in [0.25, 0.3) is 10.0 Å². The minimum absolute atomic E-state index is 0.134. The summed E-state index contributed by atoms with van der Waals surface area (Å²) in [5, 5.41) is 9.28. The number of rotatable bonds is 4. The standard InChI is InChI=1S/C18H13BrN2O3S/c1-12-2-5-14(6-3-12)25(23,24)21-11-16(18(22)8-9-20)15-7-4-13(19)10-17(15)21/h2-7,10-11H,8H2,1H3. The zero-order chi connectivity index (χ0) is 18.2. The van der Waals surface area contributed by atoms with E-state index >= 15 is 0 Å². The molecule has 0 unspecified atom stereocenters. The number of Topliss-reactive ketones (excluding diaryl/α,β-unsaturated/α-hetero) is 1. The van der Waals surface area contributed by atoms with Gasteiger partial charge in [-0.25, -0.2) is 12.4 Å². The van der Waals surface area contributed by atoms with Crippen LogP contribution < -0.4 is 0 Å². The number of benzene rings is 2. The highest BCUT2D eigenvalue weighted by Crippen LogP contribution is 2.29. The summed E-state index contributed by atoms with van der Waals surface area (Å²) in [4.78, 5) is 12.4. The maximum atomic E-state index is 13.0. The Bertz CT molecular complexity index is 1120. The largest absolute Gasteiger partial charge is 0.293 e. The number of halogens is 1. The molecule has 126 valence electrons. The zero-order valence-electron chi connectivity index (χ0n) is 13.2. The van der Waals surface area contributed by atoms with E-state index in [2.05, 4.69) is 15.9 Å². The summed E-state index contributed by atoms with van der Waals surface area (Å²) in [7, 11) is -3.87. The summed E-state index contributed by atoms with van der Waals surface area (Å²) >= 11 is 3.33. The lowest BCUT2D eigenvalue weighted by molar-refractivity contribution is 0.0999. The first-order valence-corrected chi connectivity index (χ1v) is 9.61. The van der Waals surface area contributed by atoms with Crippen LogP contribution in [0, 0.1) is 18.3 Å². The average molecular weight is 417 g/mol. The summed E-state index contributed by atoms with van der Waals surface area (Å²) in [5.41, 5.74) is 1.56. The van der Waals surface area contributed by atoms with Crippen molar-refractivity contribution < 1.29 is 13.2 Å². The van der Waals surface area contributed by atoms with Gasteiger partial charge in [0.05, 0.1) is 22.9 Å². The number of ketones is 1. The number of hydrogen-bond donors (Lipinski definition) is 0. The van der Waals surface area contributed by atoms with Gasteiger partial charge in [-0.3, -0.25) is 4.79 Å². The van der Waals surface area contributed by atoms with Gasteiger partial charge >= 0.3 is 0 Å². The van der Waals surface area contributed by atoms with Crippen LogP contribution in [-0.4, -0.2) is 18.2 Å². The molecule has 0 bridgehead atoms. The van der Waals surface area contributed by atoms with Crippen molar-refractivity contribution in [3.05, 3.63) is 64.3 Å². The van der Waals surface area contributed by atoms with Crippen molar-refractivity contribution in [3.63, 3.8) is 0 Å². The molecular weight excluding hydrogens is 404 g/mol. The van der Waals surface area contributed by atoms with Crippen LogP contribution in [0.3, 0.4) is 0 Å². The van der Waals surface area contributed by atoms with Gasteiger partial charge in [-0.05, 0) is 31.2 Å². The van der Waals surface area contributed by atoms with Crippen molar-refractivity contribution in [2.45, 2.75) is 18.2 Å². The van der Waals surface area contributed by atoms with Crippen molar-refractivity contribution >= 4 is 42.6 Å². The predicted octanol–water partition coefficient (Wildman–Crippen LogP) is 4.05. The number of carbonyl (C=O) groups excluding carboxylic acids is 1. The quantitative estimate of drug-likeness (QED) is 0.600. The first-order valence-electron chi connectivity index (χ1n) is 7.37.